The number of rotatable bonds is 7. The van der Waals surface area contributed by atoms with Gasteiger partial charge in [0.1, 0.15) is 6.61 Å². The number of esters is 1. The van der Waals surface area contributed by atoms with E-state index in [1.54, 1.807) is 12.1 Å². The molecule has 0 aromatic heterocycles. The second kappa shape index (κ2) is 10.6. The molecule has 0 saturated heterocycles. The Labute approximate surface area is 223 Å². The van der Waals surface area contributed by atoms with Crippen LogP contribution in [0.1, 0.15) is 16.7 Å². The third-order valence-corrected chi connectivity index (χ3v) is 6.56. The maximum atomic E-state index is 12.4. The van der Waals surface area contributed by atoms with Crippen LogP contribution in [-0.2, 0) is 16.1 Å². The highest BCUT2D eigenvalue weighted by molar-refractivity contribution is 14.1. The first-order chi connectivity index (χ1) is 16.8. The van der Waals surface area contributed by atoms with Gasteiger partial charge in [-0.1, -0.05) is 41.4 Å². The fourth-order valence-electron chi connectivity index (χ4n) is 3.20. The predicted molar refractivity (Wildman–Crippen MR) is 140 cm³/mol. The van der Waals surface area contributed by atoms with Gasteiger partial charge in [0.05, 0.1) is 27.6 Å². The minimum atomic E-state index is -0.739. The first-order valence-corrected chi connectivity index (χ1v) is 11.8. The number of non-ortho nitro benzene ring substituents is 1. The molecular formula is C24H15Cl2IN2O6. The molecule has 0 saturated carbocycles. The van der Waals surface area contributed by atoms with Gasteiger partial charge in [-0.2, -0.15) is 0 Å². The molecule has 1 heterocycles. The molecule has 8 nitrogen and oxygen atoms in total. The molecule has 3 aromatic carbocycles. The summed E-state index contributed by atoms with van der Waals surface area (Å²) in [6, 6.07) is 14.8. The van der Waals surface area contributed by atoms with Gasteiger partial charge < -0.3 is 14.2 Å². The topological polar surface area (TPSA) is 100 Å². The highest BCUT2D eigenvalue weighted by atomic mass is 127. The highest BCUT2D eigenvalue weighted by Crippen LogP contribution is 2.38. The summed E-state index contributed by atoms with van der Waals surface area (Å²) in [5.41, 5.74) is 1.39. The summed E-state index contributed by atoms with van der Waals surface area (Å²) in [6.45, 7) is 0.291. The van der Waals surface area contributed by atoms with Crippen molar-refractivity contribution in [2.24, 2.45) is 4.99 Å². The average molecular weight is 625 g/mol. The molecule has 0 atom stereocenters. The summed E-state index contributed by atoms with van der Waals surface area (Å²) in [5.74, 6) is -0.146. The molecule has 0 unspecified atom stereocenters. The molecule has 1 aliphatic heterocycles. The van der Waals surface area contributed by atoms with Crippen molar-refractivity contribution in [3.8, 4) is 11.5 Å². The summed E-state index contributed by atoms with van der Waals surface area (Å²) >= 11 is 14.8. The van der Waals surface area contributed by atoms with Gasteiger partial charge in [0.25, 0.3) is 5.69 Å². The normalized spacial score (nSPS) is 14.0. The van der Waals surface area contributed by atoms with Crippen LogP contribution in [-0.4, -0.2) is 23.9 Å². The molecule has 0 aliphatic carbocycles. The van der Waals surface area contributed by atoms with E-state index in [1.807, 2.05) is 24.3 Å². The zero-order chi connectivity index (χ0) is 25.1. The lowest BCUT2D eigenvalue weighted by molar-refractivity contribution is -0.384. The molecule has 1 aliphatic rings. The molecule has 0 amide bonds. The van der Waals surface area contributed by atoms with E-state index in [9.17, 15) is 14.9 Å². The first-order valence-electron chi connectivity index (χ1n) is 9.97. The molecule has 0 radical (unpaired) electrons. The van der Waals surface area contributed by atoms with Crippen LogP contribution in [0.3, 0.4) is 0 Å². The Morgan fingerprint density at radius 3 is 2.63 bits per heavy atom. The lowest BCUT2D eigenvalue weighted by atomic mass is 10.1. The van der Waals surface area contributed by atoms with Crippen molar-refractivity contribution in [1.82, 2.24) is 0 Å². The predicted octanol–water partition coefficient (Wildman–Crippen LogP) is 6.44. The summed E-state index contributed by atoms with van der Waals surface area (Å²) in [5, 5.41) is 11.5. The summed E-state index contributed by atoms with van der Waals surface area (Å²) < 4.78 is 17.6. The van der Waals surface area contributed by atoms with Gasteiger partial charge in [-0.05, 0) is 58.5 Å². The average Bonchev–Trinajstić information content (AvgIpc) is 3.18. The lowest BCUT2D eigenvalue weighted by Crippen LogP contribution is -2.06. The van der Waals surface area contributed by atoms with Gasteiger partial charge in [0, 0.05) is 21.3 Å². The van der Waals surface area contributed by atoms with E-state index in [1.165, 1.54) is 31.4 Å². The Morgan fingerprint density at radius 1 is 1.14 bits per heavy atom. The number of cyclic esters (lactones) is 1. The van der Waals surface area contributed by atoms with E-state index >= 15 is 0 Å². The van der Waals surface area contributed by atoms with Crippen LogP contribution in [0.15, 0.2) is 65.3 Å². The fraction of sp³-hybridized carbons (Fsp3) is 0.0833. The van der Waals surface area contributed by atoms with E-state index in [0.29, 0.717) is 23.7 Å². The number of methoxy groups -OCH3 is 1. The largest absolute Gasteiger partial charge is 0.493 e. The van der Waals surface area contributed by atoms with Crippen molar-refractivity contribution in [2.45, 2.75) is 6.61 Å². The summed E-state index contributed by atoms with van der Waals surface area (Å²) in [4.78, 5) is 27.1. The van der Waals surface area contributed by atoms with Crippen LogP contribution in [0.5, 0.6) is 11.5 Å². The molecule has 178 valence electrons. The van der Waals surface area contributed by atoms with Crippen molar-refractivity contribution in [2.75, 3.05) is 7.11 Å². The Bertz CT molecular complexity index is 1410. The molecule has 11 heteroatoms. The molecule has 0 bridgehead atoms. The zero-order valence-corrected chi connectivity index (χ0v) is 21.6. The standard InChI is InChI=1S/C24H15Cl2IN2O6/c1-33-21-10-13(8-18(26)22(21)34-12-14-4-2-3-5-19(14)27)9-20-24(30)35-23(28-20)16-11-15(29(31)32)6-7-17(16)25/h2-11H,12H2,1H3/b20-9-. The third kappa shape index (κ3) is 5.58. The summed E-state index contributed by atoms with van der Waals surface area (Å²) in [6.07, 6.45) is 1.46. The number of nitro benzene ring substituents is 1. The maximum Gasteiger partial charge on any atom is 0.363 e. The van der Waals surface area contributed by atoms with Crippen LogP contribution in [0.4, 0.5) is 5.69 Å². The molecule has 35 heavy (non-hydrogen) atoms. The Balaban J connectivity index is 1.63. The maximum absolute atomic E-state index is 12.4. The molecule has 0 spiro atoms. The van der Waals surface area contributed by atoms with Gasteiger partial charge in [0.2, 0.25) is 5.90 Å². The Hall–Kier alpha value is -3.15. The minimum Gasteiger partial charge on any atom is -0.493 e. The number of benzene rings is 3. The van der Waals surface area contributed by atoms with Crippen molar-refractivity contribution in [1.29, 1.82) is 0 Å². The molecule has 0 N–H and O–H groups in total. The van der Waals surface area contributed by atoms with Crippen molar-refractivity contribution < 1.29 is 23.9 Å². The highest BCUT2D eigenvalue weighted by Gasteiger charge is 2.27. The number of nitro groups is 1. The number of nitrogens with zero attached hydrogens (tertiary/aromatic N) is 2. The van der Waals surface area contributed by atoms with Crippen LogP contribution < -0.4 is 9.47 Å². The third-order valence-electron chi connectivity index (χ3n) is 4.90. The van der Waals surface area contributed by atoms with E-state index in [0.717, 1.165) is 9.13 Å². The smallest absolute Gasteiger partial charge is 0.363 e. The number of hydrogen-bond acceptors (Lipinski definition) is 7. The number of carbonyl (C=O) groups excluding carboxylic acids is 1. The Kier molecular flexibility index (Phi) is 7.58. The first kappa shape index (κ1) is 25.0. The van der Waals surface area contributed by atoms with Gasteiger partial charge >= 0.3 is 5.97 Å². The number of hydrogen-bond donors (Lipinski definition) is 0. The van der Waals surface area contributed by atoms with Gasteiger partial charge in [0.15, 0.2) is 17.2 Å². The van der Waals surface area contributed by atoms with E-state index in [2.05, 4.69) is 27.6 Å². The van der Waals surface area contributed by atoms with Crippen LogP contribution in [0.25, 0.3) is 6.08 Å². The van der Waals surface area contributed by atoms with Crippen LogP contribution >= 0.6 is 45.8 Å². The summed E-state index contributed by atoms with van der Waals surface area (Å²) in [7, 11) is 1.48. The van der Waals surface area contributed by atoms with Crippen LogP contribution in [0.2, 0.25) is 10.0 Å². The van der Waals surface area contributed by atoms with Crippen LogP contribution in [0, 0.1) is 13.7 Å². The van der Waals surface area contributed by atoms with Crippen molar-refractivity contribution in [3.63, 3.8) is 0 Å². The number of ether oxygens (including phenoxy) is 3. The monoisotopic (exact) mass is 624 g/mol. The van der Waals surface area contributed by atoms with Gasteiger partial charge in [-0.25, -0.2) is 9.79 Å². The number of aliphatic imine (C=N–C) groups is 1. The second-order valence-corrected chi connectivity index (χ2v) is 9.15. The van der Waals surface area contributed by atoms with Gasteiger partial charge in [-0.15, -0.1) is 0 Å². The fourth-order valence-corrected chi connectivity index (χ4v) is 4.22. The second-order valence-electron chi connectivity index (χ2n) is 7.17. The van der Waals surface area contributed by atoms with E-state index < -0.39 is 10.9 Å². The zero-order valence-electron chi connectivity index (χ0n) is 18.0. The number of carbonyl (C=O) groups is 1. The molecule has 0 fully saturated rings. The van der Waals surface area contributed by atoms with Gasteiger partial charge in [-0.3, -0.25) is 10.1 Å². The Morgan fingerprint density at radius 2 is 1.91 bits per heavy atom. The molecular weight excluding hydrogens is 610 g/mol. The minimum absolute atomic E-state index is 0.0341. The lowest BCUT2D eigenvalue weighted by Gasteiger charge is -2.14. The molecule has 4 rings (SSSR count). The SMILES string of the molecule is COc1cc(/C=C2\N=C(c3cc([N+](=O)[O-])ccc3Cl)OC2=O)cc(Cl)c1OCc1ccccc1I. The number of halogens is 3. The van der Waals surface area contributed by atoms with E-state index in [-0.39, 0.29) is 32.9 Å². The quantitative estimate of drug-likeness (QED) is 0.0986. The molecule has 3 aromatic rings. The van der Waals surface area contributed by atoms with Crippen molar-refractivity contribution in [3.05, 3.63) is 101 Å². The van der Waals surface area contributed by atoms with E-state index in [4.69, 9.17) is 37.4 Å². The van der Waals surface area contributed by atoms with Crippen molar-refractivity contribution >= 4 is 69.4 Å².